The van der Waals surface area contributed by atoms with E-state index in [0.29, 0.717) is 23.1 Å². The summed E-state index contributed by atoms with van der Waals surface area (Å²) in [5.41, 5.74) is 0.568. The molecule has 0 saturated carbocycles. The van der Waals surface area contributed by atoms with E-state index in [-0.39, 0.29) is 12.5 Å². The first-order valence-corrected chi connectivity index (χ1v) is 9.10. The summed E-state index contributed by atoms with van der Waals surface area (Å²) in [7, 11) is 0. The third-order valence-corrected chi connectivity index (χ3v) is 4.52. The van der Waals surface area contributed by atoms with Gasteiger partial charge in [0, 0.05) is 0 Å². The predicted octanol–water partition coefficient (Wildman–Crippen LogP) is 4.50. The Bertz CT molecular complexity index is 1070. The predicted molar refractivity (Wildman–Crippen MR) is 104 cm³/mol. The average molecular weight is 377 g/mol. The number of thiophene rings is 1. The summed E-state index contributed by atoms with van der Waals surface area (Å²) in [5.74, 6) is 1.34. The zero-order valence-corrected chi connectivity index (χ0v) is 15.0. The topological polar surface area (TPSA) is 73.3 Å². The summed E-state index contributed by atoms with van der Waals surface area (Å²) in [6.45, 7) is -0.165. The van der Waals surface area contributed by atoms with Gasteiger partial charge in [0.05, 0.1) is 11.1 Å². The number of hydrogen-bond donors (Lipinski definition) is 1. The summed E-state index contributed by atoms with van der Waals surface area (Å²) >= 11 is 1.49. The third kappa shape index (κ3) is 4.04. The molecule has 0 aliphatic rings. The van der Waals surface area contributed by atoms with Crippen LogP contribution < -0.4 is 14.8 Å². The summed E-state index contributed by atoms with van der Waals surface area (Å²) in [4.78, 5) is 21.4. The van der Waals surface area contributed by atoms with Gasteiger partial charge >= 0.3 is 0 Å². The molecule has 0 bridgehead atoms. The van der Waals surface area contributed by atoms with Gasteiger partial charge in [-0.2, -0.15) is 0 Å². The molecule has 0 aliphatic heterocycles. The number of fused-ring (bicyclic) bond motifs is 1. The van der Waals surface area contributed by atoms with Crippen molar-refractivity contribution in [3.63, 3.8) is 0 Å². The van der Waals surface area contributed by atoms with Gasteiger partial charge in [-0.25, -0.2) is 9.97 Å². The molecule has 2 aromatic carbocycles. The van der Waals surface area contributed by atoms with Crippen LogP contribution in [0.15, 0.2) is 72.4 Å². The van der Waals surface area contributed by atoms with Crippen LogP contribution in [0.5, 0.6) is 17.4 Å². The first-order valence-electron chi connectivity index (χ1n) is 8.22. The van der Waals surface area contributed by atoms with E-state index in [1.165, 1.54) is 17.7 Å². The number of para-hydroxylation sites is 3. The molecular formula is C20H15N3O3S. The average Bonchev–Trinajstić information content (AvgIpc) is 3.18. The highest BCUT2D eigenvalue weighted by Crippen LogP contribution is 2.29. The van der Waals surface area contributed by atoms with Gasteiger partial charge in [-0.05, 0) is 35.7 Å². The molecule has 1 amide bonds. The number of hydrogen-bond acceptors (Lipinski definition) is 6. The molecule has 4 aromatic rings. The lowest BCUT2D eigenvalue weighted by Gasteiger charge is -2.12. The minimum atomic E-state index is -0.305. The SMILES string of the molecule is O=C(COc1ncnc2sccc12)Nc1ccccc1Oc1ccccc1. The van der Waals surface area contributed by atoms with Gasteiger partial charge in [-0.3, -0.25) is 4.79 Å². The van der Waals surface area contributed by atoms with Crippen LogP contribution in [0.1, 0.15) is 0 Å². The maximum Gasteiger partial charge on any atom is 0.262 e. The van der Waals surface area contributed by atoms with Crippen LogP contribution in [0.25, 0.3) is 10.2 Å². The molecule has 2 heterocycles. The summed E-state index contributed by atoms with van der Waals surface area (Å²) in [5, 5.41) is 5.51. The zero-order valence-electron chi connectivity index (χ0n) is 14.2. The molecule has 2 aromatic heterocycles. The van der Waals surface area contributed by atoms with Crippen molar-refractivity contribution in [2.45, 2.75) is 0 Å². The Hall–Kier alpha value is -3.45. The van der Waals surface area contributed by atoms with Crippen molar-refractivity contribution in [2.75, 3.05) is 11.9 Å². The van der Waals surface area contributed by atoms with E-state index in [1.807, 2.05) is 53.9 Å². The molecule has 0 radical (unpaired) electrons. The normalized spacial score (nSPS) is 10.5. The second kappa shape index (κ2) is 7.84. The highest BCUT2D eigenvalue weighted by molar-refractivity contribution is 7.16. The van der Waals surface area contributed by atoms with E-state index in [9.17, 15) is 4.79 Å². The van der Waals surface area contributed by atoms with Crippen LogP contribution >= 0.6 is 11.3 Å². The molecule has 27 heavy (non-hydrogen) atoms. The van der Waals surface area contributed by atoms with Crippen LogP contribution in [0, 0.1) is 0 Å². The van der Waals surface area contributed by atoms with Crippen LogP contribution in [-0.4, -0.2) is 22.5 Å². The number of aromatic nitrogens is 2. The fourth-order valence-corrected chi connectivity index (χ4v) is 3.20. The third-order valence-electron chi connectivity index (χ3n) is 3.70. The van der Waals surface area contributed by atoms with Crippen molar-refractivity contribution in [1.82, 2.24) is 9.97 Å². The van der Waals surface area contributed by atoms with E-state index in [0.717, 1.165) is 10.2 Å². The van der Waals surface area contributed by atoms with Gasteiger partial charge < -0.3 is 14.8 Å². The fourth-order valence-electron chi connectivity index (χ4n) is 2.48. The minimum Gasteiger partial charge on any atom is -0.467 e. The maximum absolute atomic E-state index is 12.3. The van der Waals surface area contributed by atoms with Gasteiger partial charge in [-0.15, -0.1) is 11.3 Å². The Kier molecular flexibility index (Phi) is 4.93. The van der Waals surface area contributed by atoms with Gasteiger partial charge in [0.2, 0.25) is 5.88 Å². The number of carbonyl (C=O) groups is 1. The largest absolute Gasteiger partial charge is 0.467 e. The number of nitrogens with one attached hydrogen (secondary N) is 1. The van der Waals surface area contributed by atoms with Crippen molar-refractivity contribution in [1.29, 1.82) is 0 Å². The first kappa shape index (κ1) is 17.0. The van der Waals surface area contributed by atoms with Gasteiger partial charge in [-0.1, -0.05) is 30.3 Å². The smallest absolute Gasteiger partial charge is 0.262 e. The number of rotatable bonds is 6. The molecule has 1 N–H and O–H groups in total. The van der Waals surface area contributed by atoms with Crippen molar-refractivity contribution >= 4 is 33.1 Å². The molecule has 6 nitrogen and oxygen atoms in total. The second-order valence-electron chi connectivity index (χ2n) is 5.57. The molecule has 134 valence electrons. The molecular weight excluding hydrogens is 362 g/mol. The molecule has 0 unspecified atom stereocenters. The second-order valence-corrected chi connectivity index (χ2v) is 6.46. The van der Waals surface area contributed by atoms with Crippen LogP contribution in [0.4, 0.5) is 5.69 Å². The molecule has 4 rings (SSSR count). The van der Waals surface area contributed by atoms with E-state index >= 15 is 0 Å². The highest BCUT2D eigenvalue weighted by Gasteiger charge is 2.11. The van der Waals surface area contributed by atoms with Gasteiger partial charge in [0.25, 0.3) is 5.91 Å². The number of anilines is 1. The summed E-state index contributed by atoms with van der Waals surface area (Å²) in [6.07, 6.45) is 1.43. The maximum atomic E-state index is 12.3. The van der Waals surface area contributed by atoms with Crippen LogP contribution in [0.2, 0.25) is 0 Å². The Balaban J connectivity index is 1.43. The van der Waals surface area contributed by atoms with E-state index in [1.54, 1.807) is 12.1 Å². The molecule has 0 atom stereocenters. The van der Waals surface area contributed by atoms with Crippen LogP contribution in [-0.2, 0) is 4.79 Å². The van der Waals surface area contributed by atoms with Gasteiger partial charge in [0.15, 0.2) is 12.4 Å². The summed E-state index contributed by atoms with van der Waals surface area (Å²) in [6, 6.07) is 18.5. The number of ether oxygens (including phenoxy) is 2. The van der Waals surface area contributed by atoms with E-state index in [2.05, 4.69) is 15.3 Å². The van der Waals surface area contributed by atoms with Crippen molar-refractivity contribution in [3.8, 4) is 17.4 Å². The standard InChI is InChI=1S/C20H15N3O3S/c24-18(12-25-19-15-10-11-27-20(15)22-13-21-19)23-16-8-4-5-9-17(16)26-14-6-2-1-3-7-14/h1-11,13H,12H2,(H,23,24). The van der Waals surface area contributed by atoms with Crippen LogP contribution in [0.3, 0.4) is 0 Å². The quantitative estimate of drug-likeness (QED) is 0.535. The number of benzene rings is 2. The van der Waals surface area contributed by atoms with Gasteiger partial charge in [0.1, 0.15) is 16.9 Å². The molecule has 7 heteroatoms. The van der Waals surface area contributed by atoms with Crippen molar-refractivity contribution < 1.29 is 14.3 Å². The first-order chi connectivity index (χ1) is 13.3. The molecule has 0 saturated heterocycles. The Morgan fingerprint density at radius 2 is 1.81 bits per heavy atom. The Morgan fingerprint density at radius 3 is 2.70 bits per heavy atom. The molecule has 0 aliphatic carbocycles. The molecule has 0 fully saturated rings. The Labute approximate surface area is 159 Å². The number of carbonyl (C=O) groups excluding carboxylic acids is 1. The fraction of sp³-hybridized carbons (Fsp3) is 0.0500. The molecule has 0 spiro atoms. The minimum absolute atomic E-state index is 0.165. The lowest BCUT2D eigenvalue weighted by Crippen LogP contribution is -2.20. The highest BCUT2D eigenvalue weighted by atomic mass is 32.1. The summed E-state index contributed by atoms with van der Waals surface area (Å²) < 4.78 is 11.4. The zero-order chi connectivity index (χ0) is 18.5. The number of amides is 1. The Morgan fingerprint density at radius 1 is 1.00 bits per heavy atom. The van der Waals surface area contributed by atoms with E-state index in [4.69, 9.17) is 9.47 Å². The number of nitrogens with zero attached hydrogens (tertiary/aromatic N) is 2. The lowest BCUT2D eigenvalue weighted by molar-refractivity contribution is -0.118. The van der Waals surface area contributed by atoms with Crippen molar-refractivity contribution in [3.05, 3.63) is 72.4 Å². The lowest BCUT2D eigenvalue weighted by atomic mass is 10.3. The van der Waals surface area contributed by atoms with Crippen molar-refractivity contribution in [2.24, 2.45) is 0 Å². The van der Waals surface area contributed by atoms with E-state index < -0.39 is 0 Å². The monoisotopic (exact) mass is 377 g/mol.